The van der Waals surface area contributed by atoms with Crippen molar-refractivity contribution in [3.63, 3.8) is 0 Å². The van der Waals surface area contributed by atoms with Gasteiger partial charge in [0.2, 0.25) is 0 Å². The maximum absolute atomic E-state index is 12.9. The summed E-state index contributed by atoms with van der Waals surface area (Å²) < 4.78 is 14.9. The van der Waals surface area contributed by atoms with E-state index in [0.717, 1.165) is 56.6 Å². The minimum Gasteiger partial charge on any atom is -0.396 e. The molecule has 1 aliphatic heterocycles. The highest BCUT2D eigenvalue weighted by Crippen LogP contribution is 2.21. The first kappa shape index (κ1) is 17.8. The average Bonchev–Trinajstić information content (AvgIpc) is 3.11. The fraction of sp³-hybridized carbons (Fsp3) is 0.474. The Morgan fingerprint density at radius 1 is 1.20 bits per heavy atom. The summed E-state index contributed by atoms with van der Waals surface area (Å²) in [5.41, 5.74) is 1.98. The highest BCUT2D eigenvalue weighted by atomic mass is 19.1. The van der Waals surface area contributed by atoms with Gasteiger partial charge >= 0.3 is 0 Å². The number of aryl methyl sites for hydroxylation is 1. The van der Waals surface area contributed by atoms with Gasteiger partial charge in [-0.3, -0.25) is 4.90 Å². The van der Waals surface area contributed by atoms with Gasteiger partial charge in [-0.1, -0.05) is 29.5 Å². The molecule has 1 aliphatic rings. The first-order chi connectivity index (χ1) is 12.2. The summed E-state index contributed by atoms with van der Waals surface area (Å²) in [6.07, 6.45) is 9.83. The van der Waals surface area contributed by atoms with Gasteiger partial charge in [0.1, 0.15) is 5.82 Å². The molecule has 0 saturated carbocycles. The molecular weight excluding hydrogens is 319 g/mol. The van der Waals surface area contributed by atoms with Crippen molar-refractivity contribution in [3.05, 3.63) is 53.6 Å². The van der Waals surface area contributed by atoms with E-state index in [1.165, 1.54) is 12.1 Å². The van der Waals surface area contributed by atoms with Gasteiger partial charge in [-0.25, -0.2) is 9.07 Å². The number of rotatable bonds is 7. The zero-order chi connectivity index (χ0) is 17.5. The van der Waals surface area contributed by atoms with Crippen LogP contribution in [0.1, 0.15) is 36.6 Å². The van der Waals surface area contributed by atoms with Gasteiger partial charge in [0.05, 0.1) is 11.7 Å². The number of likely N-dealkylation sites (tertiary alicyclic amines) is 1. The molecular formula is C19H25FN4O. The van der Waals surface area contributed by atoms with Crippen molar-refractivity contribution < 1.29 is 9.50 Å². The summed E-state index contributed by atoms with van der Waals surface area (Å²) in [5, 5.41) is 17.3. The van der Waals surface area contributed by atoms with Crippen molar-refractivity contribution in [2.45, 2.75) is 31.7 Å². The fourth-order valence-electron chi connectivity index (χ4n) is 3.14. The molecule has 3 rings (SSSR count). The van der Waals surface area contributed by atoms with Crippen LogP contribution in [0.15, 0.2) is 36.5 Å². The van der Waals surface area contributed by atoms with Crippen LogP contribution >= 0.6 is 0 Å². The van der Waals surface area contributed by atoms with Gasteiger partial charge in [0, 0.05) is 32.4 Å². The van der Waals surface area contributed by atoms with Gasteiger partial charge in [0.15, 0.2) is 0 Å². The van der Waals surface area contributed by atoms with E-state index >= 15 is 0 Å². The van der Waals surface area contributed by atoms with Gasteiger partial charge in [-0.15, -0.1) is 5.10 Å². The SMILES string of the molecule is OCCCc1cn(C2CCN(CC=Cc3ccc(F)cc3)CC2)nn1. The largest absolute Gasteiger partial charge is 0.396 e. The topological polar surface area (TPSA) is 54.2 Å². The number of nitrogens with zero attached hydrogens (tertiary/aromatic N) is 4. The van der Waals surface area contributed by atoms with E-state index in [0.29, 0.717) is 6.04 Å². The predicted molar refractivity (Wildman–Crippen MR) is 95.6 cm³/mol. The fourth-order valence-corrected chi connectivity index (χ4v) is 3.14. The first-order valence-corrected chi connectivity index (χ1v) is 8.90. The normalized spacial score (nSPS) is 16.7. The lowest BCUT2D eigenvalue weighted by Crippen LogP contribution is -2.34. The number of halogens is 1. The van der Waals surface area contributed by atoms with Crippen LogP contribution in [0.4, 0.5) is 4.39 Å². The standard InChI is InChI=1S/C19H25FN4O/c20-17-7-5-16(6-8-17)3-1-11-23-12-9-19(10-13-23)24-15-18(21-22-24)4-2-14-25/h1,3,5-8,15,19,25H,2,4,9-14H2. The molecule has 0 bridgehead atoms. The zero-order valence-corrected chi connectivity index (χ0v) is 14.4. The number of aliphatic hydroxyl groups is 1. The quantitative estimate of drug-likeness (QED) is 0.839. The third-order valence-electron chi connectivity index (χ3n) is 4.62. The molecule has 0 spiro atoms. The molecule has 2 heterocycles. The van der Waals surface area contributed by atoms with Crippen LogP contribution in [-0.4, -0.2) is 51.2 Å². The summed E-state index contributed by atoms with van der Waals surface area (Å²) in [6.45, 7) is 3.16. The Hall–Kier alpha value is -2.05. The van der Waals surface area contributed by atoms with E-state index in [1.807, 2.05) is 17.0 Å². The van der Waals surface area contributed by atoms with Crippen molar-refractivity contribution in [1.82, 2.24) is 19.9 Å². The van der Waals surface area contributed by atoms with Crippen LogP contribution in [0.5, 0.6) is 0 Å². The molecule has 5 nitrogen and oxygen atoms in total. The third kappa shape index (κ3) is 5.21. The lowest BCUT2D eigenvalue weighted by Gasteiger charge is -2.30. The Labute approximate surface area is 147 Å². The van der Waals surface area contributed by atoms with Crippen molar-refractivity contribution in [3.8, 4) is 0 Å². The second kappa shape index (κ2) is 8.87. The molecule has 6 heteroatoms. The number of aliphatic hydroxyl groups excluding tert-OH is 1. The van der Waals surface area contributed by atoms with E-state index in [4.69, 9.17) is 5.11 Å². The lowest BCUT2D eigenvalue weighted by atomic mass is 10.1. The first-order valence-electron chi connectivity index (χ1n) is 8.90. The molecule has 0 atom stereocenters. The Balaban J connectivity index is 1.43. The van der Waals surface area contributed by atoms with E-state index in [2.05, 4.69) is 21.3 Å². The maximum atomic E-state index is 12.9. The van der Waals surface area contributed by atoms with E-state index < -0.39 is 0 Å². The van der Waals surface area contributed by atoms with Crippen LogP contribution in [-0.2, 0) is 6.42 Å². The summed E-state index contributed by atoms with van der Waals surface area (Å²) in [4.78, 5) is 2.42. The van der Waals surface area contributed by atoms with E-state index in [-0.39, 0.29) is 12.4 Å². The number of benzene rings is 1. The Morgan fingerprint density at radius 3 is 2.68 bits per heavy atom. The van der Waals surface area contributed by atoms with E-state index in [1.54, 1.807) is 12.1 Å². The monoisotopic (exact) mass is 344 g/mol. The summed E-state index contributed by atoms with van der Waals surface area (Å²) >= 11 is 0. The second-order valence-electron chi connectivity index (χ2n) is 6.50. The minimum absolute atomic E-state index is 0.191. The molecule has 1 N–H and O–H groups in total. The Bertz CT molecular complexity index is 675. The molecule has 0 amide bonds. The van der Waals surface area contributed by atoms with E-state index in [9.17, 15) is 4.39 Å². The molecule has 0 unspecified atom stereocenters. The van der Waals surface area contributed by atoms with Crippen LogP contribution in [0, 0.1) is 5.82 Å². The Morgan fingerprint density at radius 2 is 1.96 bits per heavy atom. The smallest absolute Gasteiger partial charge is 0.123 e. The van der Waals surface area contributed by atoms with Gasteiger partial charge in [-0.2, -0.15) is 0 Å². The predicted octanol–water partition coefficient (Wildman–Crippen LogP) is 2.69. The second-order valence-corrected chi connectivity index (χ2v) is 6.50. The number of hydrogen-bond donors (Lipinski definition) is 1. The van der Waals surface area contributed by atoms with Crippen molar-refractivity contribution in [1.29, 1.82) is 0 Å². The highest BCUT2D eigenvalue weighted by molar-refractivity contribution is 5.48. The molecule has 134 valence electrons. The van der Waals surface area contributed by atoms with Crippen molar-refractivity contribution >= 4 is 6.08 Å². The molecule has 2 aromatic rings. The zero-order valence-electron chi connectivity index (χ0n) is 14.4. The molecule has 1 saturated heterocycles. The minimum atomic E-state index is -0.202. The Kier molecular flexibility index (Phi) is 6.30. The molecule has 0 aliphatic carbocycles. The third-order valence-corrected chi connectivity index (χ3v) is 4.62. The highest BCUT2D eigenvalue weighted by Gasteiger charge is 2.20. The van der Waals surface area contributed by atoms with Crippen LogP contribution in [0.3, 0.4) is 0 Å². The molecule has 0 radical (unpaired) electrons. The van der Waals surface area contributed by atoms with Gasteiger partial charge in [0.25, 0.3) is 0 Å². The summed E-state index contributed by atoms with van der Waals surface area (Å²) in [5.74, 6) is -0.202. The molecule has 1 fully saturated rings. The number of piperidine rings is 1. The number of hydrogen-bond acceptors (Lipinski definition) is 4. The van der Waals surface area contributed by atoms with Gasteiger partial charge < -0.3 is 5.11 Å². The van der Waals surface area contributed by atoms with Gasteiger partial charge in [-0.05, 0) is 43.4 Å². The van der Waals surface area contributed by atoms with Crippen LogP contribution in [0.25, 0.3) is 6.08 Å². The van der Waals surface area contributed by atoms with Crippen molar-refractivity contribution in [2.24, 2.45) is 0 Å². The molecule has 25 heavy (non-hydrogen) atoms. The maximum Gasteiger partial charge on any atom is 0.123 e. The molecule has 1 aromatic carbocycles. The number of aromatic nitrogens is 3. The van der Waals surface area contributed by atoms with Crippen molar-refractivity contribution in [2.75, 3.05) is 26.2 Å². The lowest BCUT2D eigenvalue weighted by molar-refractivity contribution is 0.194. The summed E-state index contributed by atoms with van der Waals surface area (Å²) in [6, 6.07) is 6.96. The average molecular weight is 344 g/mol. The van der Waals surface area contributed by atoms with Crippen LogP contribution < -0.4 is 0 Å². The summed E-state index contributed by atoms with van der Waals surface area (Å²) in [7, 11) is 0. The van der Waals surface area contributed by atoms with Crippen LogP contribution in [0.2, 0.25) is 0 Å². The molecule has 1 aromatic heterocycles.